The molecule has 3 N–H and O–H groups in total. The largest absolute Gasteiger partial charge is 0.397 e. The molecule has 5 nitrogen and oxygen atoms in total. The van der Waals surface area contributed by atoms with Crippen LogP contribution in [0.2, 0.25) is 0 Å². The number of anilines is 2. The Hall–Kier alpha value is -1.60. The van der Waals surface area contributed by atoms with Crippen molar-refractivity contribution in [2.45, 2.75) is 25.0 Å². The molecule has 2 aromatic rings. The summed E-state index contributed by atoms with van der Waals surface area (Å²) in [5.74, 6) is 0. The van der Waals surface area contributed by atoms with Crippen LogP contribution in [0.25, 0.3) is 0 Å². The fourth-order valence-electron chi connectivity index (χ4n) is 1.59. The molecule has 0 amide bonds. The topological polar surface area (TPSA) is 85.1 Å². The van der Waals surface area contributed by atoms with Crippen LogP contribution >= 0.6 is 11.3 Å². The Kier molecular flexibility index (Phi) is 3.51. The SMILES string of the molecule is Cc1ncc(S(=O)(=O)Nc2cc(C)c(C)cc2N)s1. The molecule has 0 aliphatic heterocycles. The summed E-state index contributed by atoms with van der Waals surface area (Å²) in [4.78, 5) is 3.95. The molecule has 102 valence electrons. The Morgan fingerprint density at radius 2 is 1.84 bits per heavy atom. The number of nitrogen functional groups attached to an aromatic ring is 1. The van der Waals surface area contributed by atoms with Gasteiger partial charge in [0.1, 0.15) is 0 Å². The summed E-state index contributed by atoms with van der Waals surface area (Å²) in [6.07, 6.45) is 1.35. The zero-order chi connectivity index (χ0) is 14.2. The van der Waals surface area contributed by atoms with Crippen molar-refractivity contribution >= 4 is 32.7 Å². The van der Waals surface area contributed by atoms with Crippen molar-refractivity contribution in [1.82, 2.24) is 4.98 Å². The zero-order valence-electron chi connectivity index (χ0n) is 10.9. The average molecular weight is 297 g/mol. The van der Waals surface area contributed by atoms with Crippen LogP contribution in [-0.4, -0.2) is 13.4 Å². The van der Waals surface area contributed by atoms with Crippen LogP contribution < -0.4 is 10.5 Å². The third-order valence-electron chi connectivity index (χ3n) is 2.78. The lowest BCUT2D eigenvalue weighted by Crippen LogP contribution is -2.13. The van der Waals surface area contributed by atoms with E-state index in [0.29, 0.717) is 16.4 Å². The predicted octanol–water partition coefficient (Wildman–Crippen LogP) is 2.45. The van der Waals surface area contributed by atoms with E-state index in [0.717, 1.165) is 22.5 Å². The fraction of sp³-hybridized carbons (Fsp3) is 0.250. The smallest absolute Gasteiger partial charge is 0.273 e. The van der Waals surface area contributed by atoms with E-state index >= 15 is 0 Å². The lowest BCUT2D eigenvalue weighted by molar-refractivity contribution is 0.603. The number of hydrogen-bond donors (Lipinski definition) is 2. The summed E-state index contributed by atoms with van der Waals surface area (Å²) in [6.45, 7) is 5.59. The van der Waals surface area contributed by atoms with Crippen molar-refractivity contribution < 1.29 is 8.42 Å². The number of benzene rings is 1. The van der Waals surface area contributed by atoms with Gasteiger partial charge in [-0.1, -0.05) is 0 Å². The Morgan fingerprint density at radius 3 is 2.42 bits per heavy atom. The van der Waals surface area contributed by atoms with Crippen LogP contribution in [0.4, 0.5) is 11.4 Å². The van der Waals surface area contributed by atoms with Crippen molar-refractivity contribution in [3.8, 4) is 0 Å². The molecule has 0 fully saturated rings. The van der Waals surface area contributed by atoms with Gasteiger partial charge in [0.15, 0.2) is 4.21 Å². The van der Waals surface area contributed by atoms with Crippen LogP contribution in [0.3, 0.4) is 0 Å². The second-order valence-electron chi connectivity index (χ2n) is 4.33. The van der Waals surface area contributed by atoms with Crippen LogP contribution in [0.1, 0.15) is 16.1 Å². The lowest BCUT2D eigenvalue weighted by atomic mass is 10.1. The molecule has 0 spiro atoms. The molecule has 7 heteroatoms. The van der Waals surface area contributed by atoms with Crippen LogP contribution in [0.5, 0.6) is 0 Å². The minimum Gasteiger partial charge on any atom is -0.397 e. The first-order valence-corrected chi connectivity index (χ1v) is 7.91. The normalized spacial score (nSPS) is 11.5. The second-order valence-corrected chi connectivity index (χ2v) is 7.47. The van der Waals surface area contributed by atoms with Gasteiger partial charge in [-0.3, -0.25) is 4.72 Å². The molecule has 0 bridgehead atoms. The third kappa shape index (κ3) is 2.87. The minimum absolute atomic E-state index is 0.183. The Labute approximate surface area is 116 Å². The van der Waals surface area contributed by atoms with Crippen molar-refractivity contribution in [2.24, 2.45) is 0 Å². The van der Waals surface area contributed by atoms with E-state index in [2.05, 4.69) is 9.71 Å². The first-order chi connectivity index (χ1) is 8.79. The molecular weight excluding hydrogens is 282 g/mol. The maximum absolute atomic E-state index is 12.2. The Bertz CT molecular complexity index is 721. The highest BCUT2D eigenvalue weighted by atomic mass is 32.2. The van der Waals surface area contributed by atoms with Crippen molar-refractivity contribution in [3.63, 3.8) is 0 Å². The zero-order valence-corrected chi connectivity index (χ0v) is 12.5. The predicted molar refractivity (Wildman–Crippen MR) is 78.0 cm³/mol. The summed E-state index contributed by atoms with van der Waals surface area (Å²) in [7, 11) is -3.62. The molecular formula is C12H15N3O2S2. The highest BCUT2D eigenvalue weighted by molar-refractivity contribution is 7.94. The van der Waals surface area contributed by atoms with Gasteiger partial charge in [0.05, 0.1) is 22.6 Å². The average Bonchev–Trinajstić information content (AvgIpc) is 2.73. The molecule has 1 aromatic carbocycles. The molecule has 19 heavy (non-hydrogen) atoms. The summed E-state index contributed by atoms with van der Waals surface area (Å²) in [5, 5.41) is 0.702. The summed E-state index contributed by atoms with van der Waals surface area (Å²) >= 11 is 1.12. The molecule has 0 aliphatic rings. The third-order valence-corrected chi connectivity index (χ3v) is 5.51. The molecule has 0 aliphatic carbocycles. The van der Waals surface area contributed by atoms with Gasteiger partial charge in [-0.05, 0) is 44.0 Å². The molecule has 0 atom stereocenters. The van der Waals surface area contributed by atoms with Crippen LogP contribution in [0.15, 0.2) is 22.5 Å². The molecule has 0 saturated heterocycles. The molecule has 0 saturated carbocycles. The summed E-state index contributed by atoms with van der Waals surface area (Å²) in [6, 6.07) is 3.49. The van der Waals surface area contributed by atoms with E-state index in [4.69, 9.17) is 5.73 Å². The van der Waals surface area contributed by atoms with Gasteiger partial charge in [-0.15, -0.1) is 11.3 Å². The van der Waals surface area contributed by atoms with Gasteiger partial charge in [0.2, 0.25) is 0 Å². The second kappa shape index (κ2) is 4.82. The van der Waals surface area contributed by atoms with E-state index in [9.17, 15) is 8.42 Å². The van der Waals surface area contributed by atoms with Gasteiger partial charge in [0.25, 0.3) is 10.0 Å². The minimum atomic E-state index is -3.62. The monoisotopic (exact) mass is 297 g/mol. The van der Waals surface area contributed by atoms with Gasteiger partial charge in [-0.2, -0.15) is 0 Å². The van der Waals surface area contributed by atoms with Gasteiger partial charge in [-0.25, -0.2) is 13.4 Å². The Morgan fingerprint density at radius 1 is 1.21 bits per heavy atom. The summed E-state index contributed by atoms with van der Waals surface area (Å²) in [5.41, 5.74) is 8.65. The van der Waals surface area contributed by atoms with Gasteiger partial charge < -0.3 is 5.73 Å². The van der Waals surface area contributed by atoms with E-state index < -0.39 is 10.0 Å². The highest BCUT2D eigenvalue weighted by Gasteiger charge is 2.18. The van der Waals surface area contributed by atoms with E-state index in [-0.39, 0.29) is 4.21 Å². The molecule has 0 unspecified atom stereocenters. The molecule has 1 aromatic heterocycles. The number of nitrogens with zero attached hydrogens (tertiary/aromatic N) is 1. The molecule has 0 radical (unpaired) electrons. The lowest BCUT2D eigenvalue weighted by Gasteiger charge is -2.11. The molecule has 2 rings (SSSR count). The maximum Gasteiger partial charge on any atom is 0.273 e. The number of rotatable bonds is 3. The van der Waals surface area contributed by atoms with Crippen LogP contribution in [-0.2, 0) is 10.0 Å². The van der Waals surface area contributed by atoms with E-state index in [1.807, 2.05) is 13.8 Å². The number of thiazole rings is 1. The van der Waals surface area contributed by atoms with Gasteiger partial charge >= 0.3 is 0 Å². The van der Waals surface area contributed by atoms with Crippen molar-refractivity contribution in [3.05, 3.63) is 34.5 Å². The summed E-state index contributed by atoms with van der Waals surface area (Å²) < 4.78 is 27.0. The first-order valence-electron chi connectivity index (χ1n) is 5.61. The van der Waals surface area contributed by atoms with Gasteiger partial charge in [0, 0.05) is 0 Å². The maximum atomic E-state index is 12.2. The van der Waals surface area contributed by atoms with Crippen LogP contribution in [0, 0.1) is 20.8 Å². The standard InChI is InChI=1S/C12H15N3O2S2/c1-7-4-10(13)11(5-8(7)2)15-19(16,17)12-6-14-9(3)18-12/h4-6,15H,13H2,1-3H3. The first kappa shape index (κ1) is 13.8. The van der Waals surface area contributed by atoms with E-state index in [1.54, 1.807) is 19.1 Å². The quantitative estimate of drug-likeness (QED) is 0.852. The molecule has 1 heterocycles. The van der Waals surface area contributed by atoms with E-state index in [1.165, 1.54) is 6.20 Å². The number of aryl methyl sites for hydroxylation is 3. The fourth-order valence-corrected chi connectivity index (χ4v) is 3.77. The highest BCUT2D eigenvalue weighted by Crippen LogP contribution is 2.27. The number of aromatic nitrogens is 1. The van der Waals surface area contributed by atoms with Crippen molar-refractivity contribution in [1.29, 1.82) is 0 Å². The number of hydrogen-bond acceptors (Lipinski definition) is 5. The van der Waals surface area contributed by atoms with Crippen molar-refractivity contribution in [2.75, 3.05) is 10.5 Å². The number of sulfonamides is 1. The number of nitrogens with two attached hydrogens (primary N) is 1. The Balaban J connectivity index is 2.38. The number of nitrogens with one attached hydrogen (secondary N) is 1.